The predicted molar refractivity (Wildman–Crippen MR) is 69.6 cm³/mol. The third-order valence-corrected chi connectivity index (χ3v) is 3.84. The fourth-order valence-corrected chi connectivity index (χ4v) is 2.79. The van der Waals surface area contributed by atoms with E-state index < -0.39 is 11.9 Å². The average molecular weight is 273 g/mol. The normalized spacial score (nSPS) is 25.0. The number of hydrogen-bond acceptors (Lipinski definition) is 4. The summed E-state index contributed by atoms with van der Waals surface area (Å²) in [6, 6.07) is 3.11. The van der Waals surface area contributed by atoms with E-state index in [1.165, 1.54) is 0 Å². The molecule has 0 spiro atoms. The van der Waals surface area contributed by atoms with Crippen LogP contribution in [-0.2, 0) is 20.8 Å². The summed E-state index contributed by atoms with van der Waals surface area (Å²) in [4.78, 5) is 39.3. The number of fused-ring (bicyclic) bond motifs is 1. The van der Waals surface area contributed by atoms with Gasteiger partial charge in [-0.25, -0.2) is 0 Å². The molecule has 1 fully saturated rings. The van der Waals surface area contributed by atoms with Gasteiger partial charge in [-0.2, -0.15) is 0 Å². The van der Waals surface area contributed by atoms with Gasteiger partial charge in [0.2, 0.25) is 17.7 Å². The Morgan fingerprint density at radius 1 is 1.30 bits per heavy atom. The Balaban J connectivity index is 1.69. The standard InChI is InChI=1S/C14H15N3O3/c18-12-6-5-11(14(20)17-12)16-13(19)9-3-4-10-8(9)2-1-7-15-10/h1-2,7,9,11H,3-6H2,(H,16,19)(H,17,18,20)/t9?,11-/m1/s1. The summed E-state index contributed by atoms with van der Waals surface area (Å²) in [5.74, 6) is -1.11. The highest BCUT2D eigenvalue weighted by molar-refractivity contribution is 6.02. The molecular formula is C14H15N3O3. The van der Waals surface area contributed by atoms with Crippen molar-refractivity contribution in [1.82, 2.24) is 15.6 Å². The zero-order valence-electron chi connectivity index (χ0n) is 10.9. The summed E-state index contributed by atoms with van der Waals surface area (Å²) >= 11 is 0. The molecule has 1 unspecified atom stereocenters. The number of carbonyl (C=O) groups is 3. The second kappa shape index (κ2) is 5.03. The van der Waals surface area contributed by atoms with Crippen LogP contribution in [-0.4, -0.2) is 28.7 Å². The van der Waals surface area contributed by atoms with Gasteiger partial charge in [-0.3, -0.25) is 24.7 Å². The molecule has 2 aliphatic rings. The van der Waals surface area contributed by atoms with E-state index in [1.807, 2.05) is 12.1 Å². The van der Waals surface area contributed by atoms with E-state index in [4.69, 9.17) is 0 Å². The summed E-state index contributed by atoms with van der Waals surface area (Å²) < 4.78 is 0. The molecule has 20 heavy (non-hydrogen) atoms. The average Bonchev–Trinajstić information content (AvgIpc) is 2.86. The molecule has 0 bridgehead atoms. The molecule has 6 nitrogen and oxygen atoms in total. The summed E-state index contributed by atoms with van der Waals surface area (Å²) in [5.41, 5.74) is 1.90. The van der Waals surface area contributed by atoms with Crippen molar-refractivity contribution in [2.45, 2.75) is 37.6 Å². The highest BCUT2D eigenvalue weighted by atomic mass is 16.2. The molecule has 1 aliphatic carbocycles. The van der Waals surface area contributed by atoms with Gasteiger partial charge in [0.15, 0.2) is 0 Å². The van der Waals surface area contributed by atoms with Crippen LogP contribution in [0.25, 0.3) is 0 Å². The molecule has 6 heteroatoms. The zero-order valence-corrected chi connectivity index (χ0v) is 10.9. The second-order valence-electron chi connectivity index (χ2n) is 5.14. The molecule has 2 heterocycles. The highest BCUT2D eigenvalue weighted by Crippen LogP contribution is 2.31. The first-order valence-electron chi connectivity index (χ1n) is 6.73. The second-order valence-corrected chi connectivity index (χ2v) is 5.14. The van der Waals surface area contributed by atoms with E-state index in [0.717, 1.165) is 17.7 Å². The van der Waals surface area contributed by atoms with Crippen LogP contribution in [0.1, 0.15) is 36.4 Å². The van der Waals surface area contributed by atoms with Gasteiger partial charge in [0.1, 0.15) is 6.04 Å². The minimum atomic E-state index is -0.610. The number of nitrogens with zero attached hydrogens (tertiary/aromatic N) is 1. The number of imide groups is 1. The quantitative estimate of drug-likeness (QED) is 0.744. The van der Waals surface area contributed by atoms with Crippen molar-refractivity contribution in [3.8, 4) is 0 Å². The first-order valence-corrected chi connectivity index (χ1v) is 6.73. The number of hydrogen-bond donors (Lipinski definition) is 2. The van der Waals surface area contributed by atoms with Crippen LogP contribution in [0.15, 0.2) is 18.3 Å². The third-order valence-electron chi connectivity index (χ3n) is 3.84. The van der Waals surface area contributed by atoms with Crippen LogP contribution >= 0.6 is 0 Å². The Morgan fingerprint density at radius 3 is 2.95 bits per heavy atom. The Morgan fingerprint density at radius 2 is 2.15 bits per heavy atom. The van der Waals surface area contributed by atoms with Gasteiger partial charge in [-0.15, -0.1) is 0 Å². The summed E-state index contributed by atoms with van der Waals surface area (Å²) in [6.45, 7) is 0. The molecule has 1 aromatic heterocycles. The van der Waals surface area contributed by atoms with Crippen molar-refractivity contribution in [2.24, 2.45) is 0 Å². The maximum absolute atomic E-state index is 12.3. The molecular weight excluding hydrogens is 258 g/mol. The monoisotopic (exact) mass is 273 g/mol. The molecule has 1 saturated heterocycles. The van der Waals surface area contributed by atoms with Crippen molar-refractivity contribution in [3.63, 3.8) is 0 Å². The Labute approximate surface area is 116 Å². The van der Waals surface area contributed by atoms with E-state index in [9.17, 15) is 14.4 Å². The zero-order chi connectivity index (χ0) is 14.1. The third kappa shape index (κ3) is 2.29. The number of aryl methyl sites for hydroxylation is 1. The van der Waals surface area contributed by atoms with Gasteiger partial charge in [0, 0.05) is 18.3 Å². The predicted octanol–water partition coefficient (Wildman–Crippen LogP) is 0.0328. The highest BCUT2D eigenvalue weighted by Gasteiger charge is 2.33. The van der Waals surface area contributed by atoms with E-state index in [0.29, 0.717) is 12.8 Å². The molecule has 0 radical (unpaired) electrons. The first kappa shape index (κ1) is 12.8. The number of nitrogens with one attached hydrogen (secondary N) is 2. The number of pyridine rings is 1. The van der Waals surface area contributed by atoms with Crippen molar-refractivity contribution < 1.29 is 14.4 Å². The molecule has 2 N–H and O–H groups in total. The van der Waals surface area contributed by atoms with E-state index in [2.05, 4.69) is 15.6 Å². The van der Waals surface area contributed by atoms with Crippen LogP contribution < -0.4 is 10.6 Å². The SMILES string of the molecule is O=C1CC[C@@H](NC(=O)C2CCc3ncccc32)C(=O)N1. The lowest BCUT2D eigenvalue weighted by molar-refractivity contribution is -0.137. The summed E-state index contributed by atoms with van der Waals surface area (Å²) in [7, 11) is 0. The minimum Gasteiger partial charge on any atom is -0.344 e. The van der Waals surface area contributed by atoms with Crippen molar-refractivity contribution in [1.29, 1.82) is 0 Å². The van der Waals surface area contributed by atoms with Crippen molar-refractivity contribution in [3.05, 3.63) is 29.6 Å². The Bertz CT molecular complexity index is 585. The Hall–Kier alpha value is -2.24. The number of piperidine rings is 1. The van der Waals surface area contributed by atoms with Gasteiger partial charge in [-0.1, -0.05) is 6.07 Å². The van der Waals surface area contributed by atoms with E-state index in [1.54, 1.807) is 6.20 Å². The molecule has 3 amide bonds. The number of rotatable bonds is 2. The molecule has 0 aromatic carbocycles. The fourth-order valence-electron chi connectivity index (χ4n) is 2.79. The maximum atomic E-state index is 12.3. The summed E-state index contributed by atoms with van der Waals surface area (Å²) in [6.07, 6.45) is 3.84. The van der Waals surface area contributed by atoms with Gasteiger partial charge in [0.05, 0.1) is 5.92 Å². The minimum absolute atomic E-state index is 0.161. The van der Waals surface area contributed by atoms with Gasteiger partial charge >= 0.3 is 0 Å². The number of amides is 3. The van der Waals surface area contributed by atoms with Crippen molar-refractivity contribution in [2.75, 3.05) is 0 Å². The lowest BCUT2D eigenvalue weighted by Crippen LogP contribution is -2.53. The molecule has 0 saturated carbocycles. The fraction of sp³-hybridized carbons (Fsp3) is 0.429. The number of carbonyl (C=O) groups excluding carboxylic acids is 3. The van der Waals surface area contributed by atoms with Crippen molar-refractivity contribution >= 4 is 17.7 Å². The first-order chi connectivity index (χ1) is 9.65. The van der Waals surface area contributed by atoms with Gasteiger partial charge in [0.25, 0.3) is 0 Å². The van der Waals surface area contributed by atoms with Crippen LogP contribution in [0.3, 0.4) is 0 Å². The van der Waals surface area contributed by atoms with Gasteiger partial charge < -0.3 is 5.32 Å². The molecule has 1 aliphatic heterocycles. The summed E-state index contributed by atoms with van der Waals surface area (Å²) in [5, 5.41) is 4.98. The smallest absolute Gasteiger partial charge is 0.249 e. The molecule has 2 atom stereocenters. The largest absolute Gasteiger partial charge is 0.344 e. The lowest BCUT2D eigenvalue weighted by Gasteiger charge is -2.23. The Kier molecular flexibility index (Phi) is 3.22. The molecule has 104 valence electrons. The van der Waals surface area contributed by atoms with Gasteiger partial charge in [-0.05, 0) is 30.9 Å². The van der Waals surface area contributed by atoms with Crippen LogP contribution in [0.4, 0.5) is 0 Å². The van der Waals surface area contributed by atoms with E-state index >= 15 is 0 Å². The van der Waals surface area contributed by atoms with Crippen LogP contribution in [0.2, 0.25) is 0 Å². The number of aromatic nitrogens is 1. The van der Waals surface area contributed by atoms with Crippen LogP contribution in [0.5, 0.6) is 0 Å². The molecule has 3 rings (SSSR count). The lowest BCUT2D eigenvalue weighted by atomic mass is 10.00. The topological polar surface area (TPSA) is 88.2 Å². The van der Waals surface area contributed by atoms with E-state index in [-0.39, 0.29) is 24.2 Å². The van der Waals surface area contributed by atoms with Crippen LogP contribution in [0, 0.1) is 0 Å². The maximum Gasteiger partial charge on any atom is 0.249 e. The molecule has 1 aromatic rings.